The van der Waals surface area contributed by atoms with Gasteiger partial charge in [0.25, 0.3) is 0 Å². The second-order valence-electron chi connectivity index (χ2n) is 8.19. The Hall–Kier alpha value is -3.14. The molecule has 0 amide bonds. The normalized spacial score (nSPS) is 23.2. The molecule has 2 aromatic carbocycles. The van der Waals surface area contributed by atoms with Crippen molar-refractivity contribution < 1.29 is 14.3 Å². The molecule has 0 bridgehead atoms. The molecule has 2 fully saturated rings. The second-order valence-corrected chi connectivity index (χ2v) is 8.19. The van der Waals surface area contributed by atoms with Gasteiger partial charge in [-0.15, -0.1) is 0 Å². The van der Waals surface area contributed by atoms with Crippen LogP contribution in [0.5, 0.6) is 5.75 Å². The van der Waals surface area contributed by atoms with Crippen molar-refractivity contribution in [3.05, 3.63) is 84.1 Å². The summed E-state index contributed by atoms with van der Waals surface area (Å²) in [5.74, 6) is 0.990. The number of allylic oxidation sites excluding steroid dienone is 1. The number of ether oxygens (including phenoxy) is 2. The Balaban J connectivity index is 1.26. The van der Waals surface area contributed by atoms with Gasteiger partial charge in [0.2, 0.25) is 0 Å². The smallest absolute Gasteiger partial charge is 0.313 e. The van der Waals surface area contributed by atoms with E-state index in [0.29, 0.717) is 19.6 Å². The number of hydrogen-bond donors (Lipinski definition) is 0. The molecule has 1 aliphatic carbocycles. The molecule has 1 aliphatic heterocycles. The minimum Gasteiger partial charge on any atom is -0.487 e. The van der Waals surface area contributed by atoms with E-state index in [1.807, 2.05) is 48.5 Å². The summed E-state index contributed by atoms with van der Waals surface area (Å²) >= 11 is 0. The maximum Gasteiger partial charge on any atom is 0.313 e. The van der Waals surface area contributed by atoms with Gasteiger partial charge in [-0.1, -0.05) is 48.6 Å². The number of esters is 1. The highest BCUT2D eigenvalue weighted by Gasteiger charge is 2.55. The number of hydrogen-bond acceptors (Lipinski definition) is 4. The van der Waals surface area contributed by atoms with Crippen molar-refractivity contribution in [2.24, 2.45) is 11.3 Å². The SMILES string of the molecule is C=C1CC2COC(=O)C2(Cc2ccc(OCc3ccc4ccccc4n3)cc2)C1. The first-order valence-electron chi connectivity index (χ1n) is 10.0. The molecule has 0 spiro atoms. The van der Waals surface area contributed by atoms with Crippen LogP contribution >= 0.6 is 0 Å². The molecule has 4 heteroatoms. The van der Waals surface area contributed by atoms with Gasteiger partial charge >= 0.3 is 5.97 Å². The Morgan fingerprint density at radius 2 is 1.93 bits per heavy atom. The standard InChI is InChI=1S/C25H23NO3/c1-17-12-20-15-29-24(27)25(20,13-17)14-18-6-10-22(11-7-18)28-16-21-9-8-19-4-2-3-5-23(19)26-21/h2-11,20H,1,12-16H2. The van der Waals surface area contributed by atoms with Gasteiger partial charge in [-0.3, -0.25) is 4.79 Å². The van der Waals surface area contributed by atoms with E-state index in [2.05, 4.69) is 23.7 Å². The van der Waals surface area contributed by atoms with Gasteiger partial charge in [0.05, 0.1) is 23.2 Å². The minimum absolute atomic E-state index is 0.0659. The molecule has 5 rings (SSSR count). The molecule has 1 saturated carbocycles. The van der Waals surface area contributed by atoms with E-state index in [9.17, 15) is 4.79 Å². The molecular weight excluding hydrogens is 362 g/mol. The lowest BCUT2D eigenvalue weighted by atomic mass is 9.75. The number of pyridine rings is 1. The summed E-state index contributed by atoms with van der Waals surface area (Å²) in [6, 6.07) is 20.1. The van der Waals surface area contributed by atoms with Crippen molar-refractivity contribution in [2.45, 2.75) is 25.9 Å². The molecule has 1 aromatic heterocycles. The van der Waals surface area contributed by atoms with Crippen LogP contribution < -0.4 is 4.74 Å². The lowest BCUT2D eigenvalue weighted by Crippen LogP contribution is -2.31. The highest BCUT2D eigenvalue weighted by Crippen LogP contribution is 2.52. The number of rotatable bonds is 5. The number of cyclic esters (lactones) is 1. The molecule has 2 atom stereocenters. The number of fused-ring (bicyclic) bond motifs is 2. The summed E-state index contributed by atoms with van der Waals surface area (Å²) in [6.07, 6.45) is 2.33. The van der Waals surface area contributed by atoms with Crippen LogP contribution in [0.3, 0.4) is 0 Å². The molecule has 2 heterocycles. The van der Waals surface area contributed by atoms with Crippen LogP contribution in [0, 0.1) is 11.3 Å². The Morgan fingerprint density at radius 3 is 2.79 bits per heavy atom. The summed E-state index contributed by atoms with van der Waals surface area (Å²) in [6.45, 7) is 5.05. The molecule has 0 radical (unpaired) electrons. The fourth-order valence-electron chi connectivity index (χ4n) is 4.68. The second kappa shape index (κ2) is 7.03. The first kappa shape index (κ1) is 17.9. The number of aromatic nitrogens is 1. The Morgan fingerprint density at radius 1 is 1.10 bits per heavy atom. The van der Waals surface area contributed by atoms with Gasteiger partial charge in [-0.05, 0) is 49.1 Å². The number of carbonyl (C=O) groups is 1. The highest BCUT2D eigenvalue weighted by molar-refractivity contribution is 5.81. The van der Waals surface area contributed by atoms with E-state index >= 15 is 0 Å². The quantitative estimate of drug-likeness (QED) is 0.465. The fourth-order valence-corrected chi connectivity index (χ4v) is 4.68. The Labute approximate surface area is 170 Å². The van der Waals surface area contributed by atoms with Gasteiger partial charge in [-0.25, -0.2) is 4.98 Å². The molecule has 2 unspecified atom stereocenters. The summed E-state index contributed by atoms with van der Waals surface area (Å²) in [5.41, 5.74) is 3.73. The fraction of sp³-hybridized carbons (Fsp3) is 0.280. The number of carbonyl (C=O) groups excluding carboxylic acids is 1. The molecule has 4 nitrogen and oxygen atoms in total. The van der Waals surface area contributed by atoms with E-state index in [-0.39, 0.29) is 11.9 Å². The number of benzene rings is 2. The van der Waals surface area contributed by atoms with E-state index in [4.69, 9.17) is 9.47 Å². The van der Waals surface area contributed by atoms with Crippen LogP contribution in [0.15, 0.2) is 72.8 Å². The van der Waals surface area contributed by atoms with Crippen molar-refractivity contribution in [1.29, 1.82) is 0 Å². The maximum absolute atomic E-state index is 12.5. The average Bonchev–Trinajstić information content (AvgIpc) is 3.21. The summed E-state index contributed by atoms with van der Waals surface area (Å²) in [7, 11) is 0. The van der Waals surface area contributed by atoms with E-state index in [0.717, 1.165) is 46.3 Å². The van der Waals surface area contributed by atoms with Crippen LogP contribution in [-0.2, 0) is 22.6 Å². The van der Waals surface area contributed by atoms with Crippen molar-refractivity contribution in [3.8, 4) is 5.75 Å². The first-order chi connectivity index (χ1) is 14.1. The van der Waals surface area contributed by atoms with Gasteiger partial charge in [0, 0.05) is 11.3 Å². The molecular formula is C25H23NO3. The lowest BCUT2D eigenvalue weighted by Gasteiger charge is -2.24. The molecule has 1 saturated heterocycles. The van der Waals surface area contributed by atoms with Crippen molar-refractivity contribution >= 4 is 16.9 Å². The largest absolute Gasteiger partial charge is 0.487 e. The molecule has 0 N–H and O–H groups in total. The number of nitrogens with zero attached hydrogens (tertiary/aromatic N) is 1. The van der Waals surface area contributed by atoms with Crippen LogP contribution in [-0.4, -0.2) is 17.6 Å². The number of para-hydroxylation sites is 1. The minimum atomic E-state index is -0.422. The maximum atomic E-state index is 12.5. The third kappa shape index (κ3) is 3.29. The molecule has 3 aromatic rings. The van der Waals surface area contributed by atoms with E-state index < -0.39 is 5.41 Å². The van der Waals surface area contributed by atoms with Crippen molar-refractivity contribution in [1.82, 2.24) is 4.98 Å². The Kier molecular flexibility index (Phi) is 4.35. The van der Waals surface area contributed by atoms with Crippen molar-refractivity contribution in [3.63, 3.8) is 0 Å². The molecule has 29 heavy (non-hydrogen) atoms. The molecule has 2 aliphatic rings. The highest BCUT2D eigenvalue weighted by atomic mass is 16.5. The lowest BCUT2D eigenvalue weighted by molar-refractivity contribution is -0.146. The van der Waals surface area contributed by atoms with E-state index in [1.165, 1.54) is 0 Å². The predicted molar refractivity (Wildman–Crippen MR) is 111 cm³/mol. The average molecular weight is 385 g/mol. The topological polar surface area (TPSA) is 48.4 Å². The van der Waals surface area contributed by atoms with E-state index in [1.54, 1.807) is 0 Å². The van der Waals surface area contributed by atoms with Gasteiger partial charge in [0.1, 0.15) is 12.4 Å². The zero-order chi connectivity index (χ0) is 19.8. The first-order valence-corrected chi connectivity index (χ1v) is 10.0. The van der Waals surface area contributed by atoms with Crippen LogP contribution in [0.25, 0.3) is 10.9 Å². The summed E-state index contributed by atoms with van der Waals surface area (Å²) < 4.78 is 11.3. The van der Waals surface area contributed by atoms with Crippen molar-refractivity contribution in [2.75, 3.05) is 6.61 Å². The third-order valence-electron chi connectivity index (χ3n) is 6.19. The van der Waals surface area contributed by atoms with Gasteiger partial charge < -0.3 is 9.47 Å². The Bertz CT molecular complexity index is 1090. The molecule has 146 valence electrons. The zero-order valence-corrected chi connectivity index (χ0v) is 16.3. The predicted octanol–water partition coefficient (Wildman–Crippen LogP) is 4.87. The van der Waals surface area contributed by atoms with Gasteiger partial charge in [0.15, 0.2) is 0 Å². The third-order valence-corrected chi connectivity index (χ3v) is 6.19. The van der Waals surface area contributed by atoms with Crippen LogP contribution in [0.4, 0.5) is 0 Å². The van der Waals surface area contributed by atoms with Gasteiger partial charge in [-0.2, -0.15) is 0 Å². The zero-order valence-electron chi connectivity index (χ0n) is 16.3. The summed E-state index contributed by atoms with van der Waals surface area (Å²) in [4.78, 5) is 17.1. The van der Waals surface area contributed by atoms with Crippen LogP contribution in [0.2, 0.25) is 0 Å². The van der Waals surface area contributed by atoms with Crippen LogP contribution in [0.1, 0.15) is 24.1 Å². The summed E-state index contributed by atoms with van der Waals surface area (Å²) in [5, 5.41) is 1.12. The monoisotopic (exact) mass is 385 g/mol.